The highest BCUT2D eigenvalue weighted by molar-refractivity contribution is 5.85. The van der Waals surface area contributed by atoms with Gasteiger partial charge in [0.15, 0.2) is 6.54 Å². The van der Waals surface area contributed by atoms with E-state index in [0.29, 0.717) is 19.6 Å². The molecule has 7 heteroatoms. The van der Waals surface area contributed by atoms with E-state index in [1.807, 2.05) is 13.0 Å². The summed E-state index contributed by atoms with van der Waals surface area (Å²) in [6, 6.07) is 14.4. The number of rotatable bonds is 8. The van der Waals surface area contributed by atoms with Crippen molar-refractivity contribution in [3.8, 4) is 0 Å². The van der Waals surface area contributed by atoms with Crippen LogP contribution >= 0.6 is 0 Å². The highest BCUT2D eigenvalue weighted by atomic mass is 19.1. The average Bonchev–Trinajstić information content (AvgIpc) is 2.78. The molecule has 0 atom stereocenters. The number of carbonyl (C=O) groups is 2. The van der Waals surface area contributed by atoms with E-state index >= 15 is 0 Å². The monoisotopic (exact) mass is 427 g/mol. The molecular weight excluding hydrogens is 395 g/mol. The third-order valence-corrected chi connectivity index (χ3v) is 5.80. The number of hydrogen-bond donors (Lipinski definition) is 2. The second-order valence-electron chi connectivity index (χ2n) is 8.01. The normalized spacial score (nSPS) is 14.4. The summed E-state index contributed by atoms with van der Waals surface area (Å²) in [6.07, 6.45) is 0. The summed E-state index contributed by atoms with van der Waals surface area (Å²) >= 11 is 0. The third-order valence-electron chi connectivity index (χ3n) is 5.80. The number of likely N-dealkylation sites (N-methyl/N-ethyl adjacent to an activating group) is 1. The molecule has 2 aromatic rings. The van der Waals surface area contributed by atoms with E-state index in [4.69, 9.17) is 0 Å². The number of carbonyl (C=O) groups excluding carboxylic acids is 2. The quantitative estimate of drug-likeness (QED) is 0.661. The Bertz CT molecular complexity index is 879. The van der Waals surface area contributed by atoms with Gasteiger partial charge < -0.3 is 20.0 Å². The van der Waals surface area contributed by atoms with E-state index in [2.05, 4.69) is 35.3 Å². The molecule has 2 aromatic carbocycles. The lowest BCUT2D eigenvalue weighted by atomic mass is 10.1. The molecule has 31 heavy (non-hydrogen) atoms. The van der Waals surface area contributed by atoms with E-state index < -0.39 is 0 Å². The summed E-state index contributed by atoms with van der Waals surface area (Å²) in [5.74, 6) is -0.516. The zero-order valence-corrected chi connectivity index (χ0v) is 18.4. The number of quaternary nitrogens is 1. The number of piperazine rings is 1. The molecule has 0 radical (unpaired) electrons. The van der Waals surface area contributed by atoms with Gasteiger partial charge >= 0.3 is 0 Å². The molecular formula is C24H32FN4O2+. The van der Waals surface area contributed by atoms with Crippen LogP contribution in [0.4, 0.5) is 10.1 Å². The van der Waals surface area contributed by atoms with Gasteiger partial charge in [-0.1, -0.05) is 30.3 Å². The predicted molar refractivity (Wildman–Crippen MR) is 119 cm³/mol. The highest BCUT2D eigenvalue weighted by Crippen LogP contribution is 2.18. The lowest BCUT2D eigenvalue weighted by molar-refractivity contribution is -0.892. The Kier molecular flexibility index (Phi) is 8.00. The smallest absolute Gasteiger partial charge is 0.278 e. The summed E-state index contributed by atoms with van der Waals surface area (Å²) < 4.78 is 13.0. The maximum atomic E-state index is 13.0. The van der Waals surface area contributed by atoms with Crippen LogP contribution in [0.25, 0.3) is 0 Å². The zero-order valence-electron chi connectivity index (χ0n) is 18.4. The Labute approximate surface area is 183 Å². The van der Waals surface area contributed by atoms with Crippen LogP contribution in [-0.4, -0.2) is 62.5 Å². The van der Waals surface area contributed by atoms with Gasteiger partial charge in [0, 0.05) is 18.8 Å². The molecule has 3 rings (SSSR count). The van der Waals surface area contributed by atoms with E-state index in [0.717, 1.165) is 31.7 Å². The van der Waals surface area contributed by atoms with Crippen LogP contribution in [-0.2, 0) is 16.1 Å². The first-order chi connectivity index (χ1) is 15.0. The second kappa shape index (κ2) is 10.9. The first kappa shape index (κ1) is 22.7. The summed E-state index contributed by atoms with van der Waals surface area (Å²) in [5, 5.41) is 2.80. The number of nitrogens with zero attached hydrogens (tertiary/aromatic N) is 2. The maximum absolute atomic E-state index is 13.0. The maximum Gasteiger partial charge on any atom is 0.278 e. The lowest BCUT2D eigenvalue weighted by Gasteiger charge is -2.34. The SMILES string of the molecule is CCN(CC(=O)NCc1ccc(F)cc1)C(=O)C[NH+]1CCN(c2ccccc2C)CC1. The van der Waals surface area contributed by atoms with Crippen LogP contribution in [0.1, 0.15) is 18.1 Å². The molecule has 0 aliphatic carbocycles. The van der Waals surface area contributed by atoms with Crippen LogP contribution in [0.3, 0.4) is 0 Å². The van der Waals surface area contributed by atoms with Crippen molar-refractivity contribution in [2.45, 2.75) is 20.4 Å². The molecule has 0 bridgehead atoms. The van der Waals surface area contributed by atoms with Gasteiger partial charge in [-0.2, -0.15) is 0 Å². The van der Waals surface area contributed by atoms with E-state index in [9.17, 15) is 14.0 Å². The standard InChI is InChI=1S/C24H31FN4O2/c1-3-28(17-23(30)26-16-20-8-10-21(25)11-9-20)24(31)18-27-12-14-29(15-13-27)22-7-5-4-6-19(22)2/h4-11H,3,12-18H2,1-2H3,(H,26,30)/p+1. The number of aryl methyl sites for hydroxylation is 1. The fraction of sp³-hybridized carbons (Fsp3) is 0.417. The van der Waals surface area contributed by atoms with E-state index in [1.165, 1.54) is 28.3 Å². The number of nitrogens with one attached hydrogen (secondary N) is 2. The summed E-state index contributed by atoms with van der Waals surface area (Å²) in [4.78, 5) is 30.3. The molecule has 0 saturated carbocycles. The molecule has 2 N–H and O–H groups in total. The Morgan fingerprint density at radius 2 is 1.77 bits per heavy atom. The van der Waals surface area contributed by atoms with Crippen molar-refractivity contribution in [1.29, 1.82) is 0 Å². The van der Waals surface area contributed by atoms with Crippen LogP contribution < -0.4 is 15.1 Å². The van der Waals surface area contributed by atoms with Crippen molar-refractivity contribution in [2.24, 2.45) is 0 Å². The van der Waals surface area contributed by atoms with E-state index in [1.54, 1.807) is 17.0 Å². The molecule has 1 aliphatic rings. The van der Waals surface area contributed by atoms with Crippen LogP contribution in [0.15, 0.2) is 48.5 Å². The zero-order chi connectivity index (χ0) is 22.2. The first-order valence-electron chi connectivity index (χ1n) is 10.9. The van der Waals surface area contributed by atoms with Crippen molar-refractivity contribution in [3.63, 3.8) is 0 Å². The summed E-state index contributed by atoms with van der Waals surface area (Å²) in [5.41, 5.74) is 3.35. The Hall–Kier alpha value is -2.93. The van der Waals surface area contributed by atoms with Crippen molar-refractivity contribution >= 4 is 17.5 Å². The predicted octanol–water partition coefficient (Wildman–Crippen LogP) is 1.00. The minimum absolute atomic E-state index is 0.00114. The van der Waals surface area contributed by atoms with Gasteiger partial charge in [-0.15, -0.1) is 0 Å². The molecule has 1 aliphatic heterocycles. The fourth-order valence-corrected chi connectivity index (χ4v) is 3.89. The third kappa shape index (κ3) is 6.52. The van der Waals surface area contributed by atoms with Crippen LogP contribution in [0.2, 0.25) is 0 Å². The molecule has 1 fully saturated rings. The van der Waals surface area contributed by atoms with Gasteiger partial charge in [0.05, 0.1) is 32.7 Å². The van der Waals surface area contributed by atoms with Crippen molar-refractivity contribution in [3.05, 3.63) is 65.5 Å². The second-order valence-corrected chi connectivity index (χ2v) is 8.01. The molecule has 0 unspecified atom stereocenters. The van der Waals surface area contributed by atoms with E-state index in [-0.39, 0.29) is 24.2 Å². The number of hydrogen-bond acceptors (Lipinski definition) is 3. The number of amides is 2. The lowest BCUT2D eigenvalue weighted by Crippen LogP contribution is -3.16. The number of halogens is 1. The fourth-order valence-electron chi connectivity index (χ4n) is 3.89. The molecule has 1 saturated heterocycles. The Morgan fingerprint density at radius 3 is 2.42 bits per heavy atom. The van der Waals surface area contributed by atoms with Crippen molar-refractivity contribution in [1.82, 2.24) is 10.2 Å². The topological polar surface area (TPSA) is 57.1 Å². The highest BCUT2D eigenvalue weighted by Gasteiger charge is 2.25. The summed E-state index contributed by atoms with van der Waals surface area (Å²) in [7, 11) is 0. The average molecular weight is 428 g/mol. The largest absolute Gasteiger partial charge is 0.360 e. The Morgan fingerprint density at radius 1 is 1.10 bits per heavy atom. The first-order valence-corrected chi connectivity index (χ1v) is 10.9. The summed E-state index contributed by atoms with van der Waals surface area (Å²) in [6.45, 7) is 8.88. The number of anilines is 1. The minimum Gasteiger partial charge on any atom is -0.360 e. The van der Waals surface area contributed by atoms with Crippen LogP contribution in [0, 0.1) is 12.7 Å². The molecule has 2 amide bonds. The van der Waals surface area contributed by atoms with Crippen molar-refractivity contribution in [2.75, 3.05) is 50.7 Å². The van der Waals surface area contributed by atoms with Gasteiger partial charge in [-0.05, 0) is 43.2 Å². The molecule has 166 valence electrons. The van der Waals surface area contributed by atoms with Gasteiger partial charge in [-0.3, -0.25) is 9.59 Å². The molecule has 0 aromatic heterocycles. The van der Waals surface area contributed by atoms with Crippen molar-refractivity contribution < 1.29 is 18.9 Å². The van der Waals surface area contributed by atoms with Gasteiger partial charge in [0.1, 0.15) is 5.82 Å². The molecule has 0 spiro atoms. The van der Waals surface area contributed by atoms with Gasteiger partial charge in [-0.25, -0.2) is 4.39 Å². The van der Waals surface area contributed by atoms with Gasteiger partial charge in [0.25, 0.3) is 5.91 Å². The minimum atomic E-state index is -0.305. The van der Waals surface area contributed by atoms with Gasteiger partial charge in [0.2, 0.25) is 5.91 Å². The van der Waals surface area contributed by atoms with Crippen LogP contribution in [0.5, 0.6) is 0 Å². The number of para-hydroxylation sites is 1. The number of benzene rings is 2. The molecule has 1 heterocycles. The molecule has 6 nitrogen and oxygen atoms in total. The Balaban J connectivity index is 1.43.